The summed E-state index contributed by atoms with van der Waals surface area (Å²) in [5.74, 6) is -1.60. The standard InChI is InChI=1S/C26H29BrF7NO3Si/c1-23(2,3)39(4,5)38-9-8-24(17-6-7-21(28)20(27)13-17)14-35(15-37-24)22(36)16-10-18(25(29,30)31)12-19(11-16)26(32,33)34/h6-7,10-13H,8-9,14-15H2,1-5H3/t24-/m0/s1. The predicted octanol–water partition coefficient (Wildman–Crippen LogP) is 8.36. The number of amides is 1. The van der Waals surface area contributed by atoms with E-state index >= 15 is 0 Å². The highest BCUT2D eigenvalue weighted by Crippen LogP contribution is 2.41. The Balaban J connectivity index is 1.96. The zero-order chi connectivity index (χ0) is 29.6. The first-order valence-corrected chi connectivity index (χ1v) is 15.7. The molecule has 0 spiro atoms. The maximum Gasteiger partial charge on any atom is 0.416 e. The first kappa shape index (κ1) is 31.6. The zero-order valence-corrected chi connectivity index (χ0v) is 24.6. The van der Waals surface area contributed by atoms with Gasteiger partial charge in [0.15, 0.2) is 8.32 Å². The number of halogens is 8. The largest absolute Gasteiger partial charge is 0.417 e. The van der Waals surface area contributed by atoms with Crippen LogP contribution in [0.2, 0.25) is 18.1 Å². The molecule has 1 aliphatic rings. The van der Waals surface area contributed by atoms with Crippen molar-refractivity contribution in [2.45, 2.75) is 63.3 Å². The molecule has 4 nitrogen and oxygen atoms in total. The first-order chi connectivity index (χ1) is 17.7. The minimum Gasteiger partial charge on any atom is -0.417 e. The van der Waals surface area contributed by atoms with Crippen molar-refractivity contribution in [3.8, 4) is 0 Å². The Kier molecular flexibility index (Phi) is 8.73. The lowest BCUT2D eigenvalue weighted by atomic mass is 9.90. The summed E-state index contributed by atoms with van der Waals surface area (Å²) in [5.41, 5.74) is -4.70. The van der Waals surface area contributed by atoms with Crippen molar-refractivity contribution in [3.63, 3.8) is 0 Å². The zero-order valence-electron chi connectivity index (χ0n) is 22.0. The molecule has 2 aromatic carbocycles. The molecule has 1 amide bonds. The quantitative estimate of drug-likeness (QED) is 0.235. The van der Waals surface area contributed by atoms with E-state index in [1.165, 1.54) is 18.2 Å². The summed E-state index contributed by atoms with van der Waals surface area (Å²) >= 11 is 3.13. The summed E-state index contributed by atoms with van der Waals surface area (Å²) in [4.78, 5) is 14.3. The van der Waals surface area contributed by atoms with Crippen LogP contribution < -0.4 is 0 Å². The van der Waals surface area contributed by atoms with Crippen molar-refractivity contribution in [1.82, 2.24) is 4.90 Å². The monoisotopic (exact) mass is 643 g/mol. The van der Waals surface area contributed by atoms with Crippen LogP contribution in [0, 0.1) is 5.82 Å². The smallest absolute Gasteiger partial charge is 0.416 e. The number of benzene rings is 2. The molecule has 0 radical (unpaired) electrons. The van der Waals surface area contributed by atoms with Gasteiger partial charge in [0.05, 0.1) is 22.1 Å². The summed E-state index contributed by atoms with van der Waals surface area (Å²) < 4.78 is 106. The summed E-state index contributed by atoms with van der Waals surface area (Å²) in [7, 11) is -2.19. The second-order valence-corrected chi connectivity index (χ2v) is 16.7. The van der Waals surface area contributed by atoms with Crippen molar-refractivity contribution >= 4 is 30.2 Å². The Morgan fingerprint density at radius 3 is 2.08 bits per heavy atom. The average Bonchev–Trinajstić information content (AvgIpc) is 3.23. The number of ether oxygens (including phenoxy) is 1. The van der Waals surface area contributed by atoms with Crippen molar-refractivity contribution < 1.29 is 44.7 Å². The molecule has 39 heavy (non-hydrogen) atoms. The van der Waals surface area contributed by atoms with E-state index in [1.807, 2.05) is 13.1 Å². The molecule has 1 heterocycles. The van der Waals surface area contributed by atoms with Crippen LogP contribution in [0.15, 0.2) is 40.9 Å². The molecule has 0 unspecified atom stereocenters. The van der Waals surface area contributed by atoms with E-state index in [4.69, 9.17) is 9.16 Å². The SMILES string of the molecule is CC(C)(C)[Si](C)(C)OCC[C@@]1(c2ccc(F)c(Br)c2)CN(C(=O)c2cc(C(F)(F)F)cc(C(F)(F)F)c2)CO1. The van der Waals surface area contributed by atoms with Crippen LogP contribution in [0.5, 0.6) is 0 Å². The van der Waals surface area contributed by atoms with Gasteiger partial charge in [-0.1, -0.05) is 26.8 Å². The maximum absolute atomic E-state index is 14.0. The van der Waals surface area contributed by atoms with E-state index in [1.54, 1.807) is 0 Å². The van der Waals surface area contributed by atoms with Gasteiger partial charge in [-0.2, -0.15) is 26.3 Å². The fourth-order valence-electron chi connectivity index (χ4n) is 3.93. The third kappa shape index (κ3) is 7.03. The van der Waals surface area contributed by atoms with E-state index in [2.05, 4.69) is 36.7 Å². The number of alkyl halides is 6. The molecule has 2 aromatic rings. The third-order valence-electron chi connectivity index (χ3n) is 7.29. The topological polar surface area (TPSA) is 38.8 Å². The molecule has 0 N–H and O–H groups in total. The summed E-state index contributed by atoms with van der Waals surface area (Å²) in [6, 6.07) is 4.90. The van der Waals surface area contributed by atoms with Gasteiger partial charge in [0, 0.05) is 18.6 Å². The minimum absolute atomic E-state index is 0.0319. The lowest BCUT2D eigenvalue weighted by Gasteiger charge is -2.37. The predicted molar refractivity (Wildman–Crippen MR) is 137 cm³/mol. The molecule has 13 heteroatoms. The minimum atomic E-state index is -5.09. The molecule has 0 saturated carbocycles. The molecule has 3 rings (SSSR count). The fourth-order valence-corrected chi connectivity index (χ4v) is 5.35. The van der Waals surface area contributed by atoms with Crippen LogP contribution in [0.1, 0.15) is 54.2 Å². The lowest BCUT2D eigenvalue weighted by molar-refractivity contribution is -0.143. The molecule has 0 aromatic heterocycles. The van der Waals surface area contributed by atoms with Gasteiger partial charge in [0.25, 0.3) is 5.91 Å². The maximum atomic E-state index is 14.0. The molecular weight excluding hydrogens is 615 g/mol. The van der Waals surface area contributed by atoms with Crippen molar-refractivity contribution in [2.24, 2.45) is 0 Å². The molecule has 216 valence electrons. The molecule has 0 bridgehead atoms. The van der Waals surface area contributed by atoms with Crippen LogP contribution in [-0.2, 0) is 27.1 Å². The van der Waals surface area contributed by atoms with Crippen LogP contribution in [-0.4, -0.2) is 39.0 Å². The lowest BCUT2D eigenvalue weighted by Crippen LogP contribution is -2.43. The number of hydrogen-bond acceptors (Lipinski definition) is 3. The van der Waals surface area contributed by atoms with E-state index in [0.717, 1.165) is 4.90 Å². The van der Waals surface area contributed by atoms with Gasteiger partial charge >= 0.3 is 12.4 Å². The second kappa shape index (κ2) is 10.8. The number of nitrogens with zero attached hydrogens (tertiary/aromatic N) is 1. The molecule has 1 aliphatic heterocycles. The molecule has 1 saturated heterocycles. The second-order valence-electron chi connectivity index (χ2n) is 11.1. The van der Waals surface area contributed by atoms with Crippen LogP contribution in [0.25, 0.3) is 0 Å². The Labute approximate surface area is 231 Å². The Morgan fingerprint density at radius 1 is 1.03 bits per heavy atom. The van der Waals surface area contributed by atoms with Crippen molar-refractivity contribution in [1.29, 1.82) is 0 Å². The van der Waals surface area contributed by atoms with Crippen LogP contribution in [0.4, 0.5) is 30.7 Å². The van der Waals surface area contributed by atoms with Gasteiger partial charge in [-0.25, -0.2) is 4.39 Å². The number of hydrogen-bond donors (Lipinski definition) is 0. The average molecular weight is 644 g/mol. The normalized spacial score (nSPS) is 19.1. The van der Waals surface area contributed by atoms with E-state index in [-0.39, 0.29) is 35.1 Å². The van der Waals surface area contributed by atoms with Gasteiger partial charge in [-0.15, -0.1) is 0 Å². The number of carbonyl (C=O) groups is 1. The van der Waals surface area contributed by atoms with E-state index in [0.29, 0.717) is 17.7 Å². The van der Waals surface area contributed by atoms with Gasteiger partial charge < -0.3 is 14.1 Å². The molecule has 1 fully saturated rings. The highest BCUT2D eigenvalue weighted by molar-refractivity contribution is 9.10. The molecular formula is C26H29BrF7NO3Si. The summed E-state index contributed by atoms with van der Waals surface area (Å²) in [6.07, 6.45) is -9.98. The van der Waals surface area contributed by atoms with Gasteiger partial charge in [0.1, 0.15) is 18.1 Å². The van der Waals surface area contributed by atoms with Gasteiger partial charge in [0.2, 0.25) is 0 Å². The van der Waals surface area contributed by atoms with Crippen LogP contribution in [0.3, 0.4) is 0 Å². The Hall–Kier alpha value is -1.96. The van der Waals surface area contributed by atoms with Crippen molar-refractivity contribution in [3.05, 3.63) is 68.9 Å². The van der Waals surface area contributed by atoms with E-state index in [9.17, 15) is 35.5 Å². The Bertz CT molecular complexity index is 1200. The van der Waals surface area contributed by atoms with E-state index < -0.39 is 61.4 Å². The first-order valence-electron chi connectivity index (χ1n) is 12.0. The summed E-state index contributed by atoms with van der Waals surface area (Å²) in [6.45, 7) is 9.88. The number of carbonyl (C=O) groups excluding carboxylic acids is 1. The highest BCUT2D eigenvalue weighted by atomic mass is 79.9. The summed E-state index contributed by atoms with van der Waals surface area (Å²) in [5, 5.41) is -0.0999. The number of rotatable bonds is 6. The Morgan fingerprint density at radius 2 is 1.59 bits per heavy atom. The van der Waals surface area contributed by atoms with Gasteiger partial charge in [-0.05, 0) is 70.0 Å². The molecule has 1 atom stereocenters. The third-order valence-corrected chi connectivity index (χ3v) is 12.4. The van der Waals surface area contributed by atoms with Crippen molar-refractivity contribution in [2.75, 3.05) is 19.9 Å². The fraction of sp³-hybridized carbons (Fsp3) is 0.500. The van der Waals surface area contributed by atoms with Gasteiger partial charge in [-0.3, -0.25) is 4.79 Å². The molecule has 0 aliphatic carbocycles. The highest BCUT2D eigenvalue weighted by Gasteiger charge is 2.45. The van der Waals surface area contributed by atoms with Crippen LogP contribution >= 0.6 is 15.9 Å².